The summed E-state index contributed by atoms with van der Waals surface area (Å²) in [5.41, 5.74) is 1.44. The number of anilines is 2. The van der Waals surface area contributed by atoms with Gasteiger partial charge in [-0.05, 0) is 18.6 Å². The number of nitrogens with one attached hydrogen (secondary N) is 1. The molecule has 2 aliphatic rings. The molecule has 0 aliphatic carbocycles. The Balaban J connectivity index is 1.53. The summed E-state index contributed by atoms with van der Waals surface area (Å²) in [5, 5.41) is 13.5. The normalized spacial score (nSPS) is 20.4. The minimum absolute atomic E-state index is 0.145. The van der Waals surface area contributed by atoms with E-state index in [4.69, 9.17) is 21.1 Å². The van der Waals surface area contributed by atoms with Gasteiger partial charge in [0, 0.05) is 18.7 Å². The Morgan fingerprint density at radius 2 is 2.22 bits per heavy atom. The fourth-order valence-corrected chi connectivity index (χ4v) is 4.21. The zero-order valence-electron chi connectivity index (χ0n) is 17.1. The number of amides is 1. The van der Waals surface area contributed by atoms with Gasteiger partial charge in [0.25, 0.3) is 0 Å². The highest BCUT2D eigenvalue weighted by Gasteiger charge is 2.30. The van der Waals surface area contributed by atoms with E-state index in [9.17, 15) is 14.3 Å². The van der Waals surface area contributed by atoms with Crippen LogP contribution in [0, 0.1) is 5.82 Å². The zero-order valence-corrected chi connectivity index (χ0v) is 17.8. The maximum atomic E-state index is 15.0. The Morgan fingerprint density at radius 1 is 1.38 bits per heavy atom. The van der Waals surface area contributed by atoms with Crippen molar-refractivity contribution in [3.63, 3.8) is 0 Å². The van der Waals surface area contributed by atoms with Gasteiger partial charge in [-0.3, -0.25) is 0 Å². The van der Waals surface area contributed by atoms with E-state index in [2.05, 4.69) is 20.3 Å². The molecule has 12 heteroatoms. The fourth-order valence-electron chi connectivity index (χ4n) is 4.01. The van der Waals surface area contributed by atoms with Crippen LogP contribution in [0.5, 0.6) is 0 Å². The third kappa shape index (κ3) is 3.51. The predicted molar refractivity (Wildman–Crippen MR) is 114 cm³/mol. The molecule has 0 unspecified atom stereocenters. The Hall–Kier alpha value is -3.02. The van der Waals surface area contributed by atoms with Crippen molar-refractivity contribution in [2.45, 2.75) is 25.1 Å². The first-order valence-corrected chi connectivity index (χ1v) is 10.4. The SMILES string of the molecule is COC(=O)N1CCn2c1nc1c(F)cc(-c3nc(N[C@@H]4CCOC[C@H]4O)ncc3Cl)cc12. The average molecular weight is 463 g/mol. The van der Waals surface area contributed by atoms with Crippen LogP contribution in [0.3, 0.4) is 0 Å². The number of carbonyl (C=O) groups is 1. The summed E-state index contributed by atoms with van der Waals surface area (Å²) in [6, 6.07) is 2.77. The molecule has 0 saturated carbocycles. The zero-order chi connectivity index (χ0) is 22.4. The van der Waals surface area contributed by atoms with E-state index < -0.39 is 18.0 Å². The molecule has 2 atom stereocenters. The van der Waals surface area contributed by atoms with Crippen LogP contribution in [-0.4, -0.2) is 69.7 Å². The summed E-state index contributed by atoms with van der Waals surface area (Å²) >= 11 is 6.34. The lowest BCUT2D eigenvalue weighted by atomic mass is 10.1. The van der Waals surface area contributed by atoms with E-state index in [1.165, 1.54) is 24.3 Å². The van der Waals surface area contributed by atoms with Crippen LogP contribution >= 0.6 is 11.6 Å². The van der Waals surface area contributed by atoms with E-state index in [1.807, 2.05) is 0 Å². The maximum absolute atomic E-state index is 15.0. The summed E-state index contributed by atoms with van der Waals surface area (Å²) in [6.45, 7) is 1.59. The number of ether oxygens (including phenoxy) is 2. The van der Waals surface area contributed by atoms with E-state index in [0.29, 0.717) is 48.8 Å². The second kappa shape index (κ2) is 8.15. The Bertz CT molecular complexity index is 1200. The summed E-state index contributed by atoms with van der Waals surface area (Å²) in [7, 11) is 1.29. The standard InChI is InChI=1S/C20H20ClFN6O4/c1-31-20(30)28-4-3-27-14-7-10(6-12(22)17(14)26-19(27)28)16-11(21)8-23-18(25-16)24-13-2-5-32-9-15(13)29/h6-8,13,15,29H,2-5,9H2,1H3,(H,23,24,25)/t13-,15-/m1/s1. The summed E-state index contributed by atoms with van der Waals surface area (Å²) in [6.07, 6.45) is 0.790. The molecular weight excluding hydrogens is 443 g/mol. The van der Waals surface area contributed by atoms with E-state index in [1.54, 1.807) is 10.6 Å². The van der Waals surface area contributed by atoms with Gasteiger partial charge in [-0.15, -0.1) is 0 Å². The number of hydrogen-bond acceptors (Lipinski definition) is 8. The predicted octanol–water partition coefficient (Wildman–Crippen LogP) is 2.43. The van der Waals surface area contributed by atoms with E-state index in [0.717, 1.165) is 0 Å². The van der Waals surface area contributed by atoms with Crippen molar-refractivity contribution < 1.29 is 23.8 Å². The quantitative estimate of drug-likeness (QED) is 0.610. The summed E-state index contributed by atoms with van der Waals surface area (Å²) in [4.78, 5) is 26.3. The molecule has 10 nitrogen and oxygen atoms in total. The molecule has 168 valence electrons. The number of halogens is 2. The number of aromatic nitrogens is 4. The van der Waals surface area contributed by atoms with Gasteiger partial charge >= 0.3 is 6.09 Å². The number of imidazole rings is 1. The van der Waals surface area contributed by atoms with Crippen LogP contribution in [0.1, 0.15) is 6.42 Å². The number of fused-ring (bicyclic) bond motifs is 3. The summed E-state index contributed by atoms with van der Waals surface area (Å²) in [5.74, 6) is 0.0343. The lowest BCUT2D eigenvalue weighted by Gasteiger charge is -2.28. The van der Waals surface area contributed by atoms with Crippen LogP contribution in [0.2, 0.25) is 5.02 Å². The van der Waals surface area contributed by atoms with Gasteiger partial charge < -0.3 is 24.5 Å². The number of benzene rings is 1. The van der Waals surface area contributed by atoms with Crippen LogP contribution in [0.25, 0.3) is 22.3 Å². The van der Waals surface area contributed by atoms with Gasteiger partial charge in [-0.2, -0.15) is 0 Å². The molecule has 2 aromatic heterocycles. The molecule has 1 saturated heterocycles. The first-order valence-electron chi connectivity index (χ1n) is 10.1. The molecule has 0 spiro atoms. The van der Waals surface area contributed by atoms with Crippen molar-refractivity contribution >= 4 is 40.6 Å². The summed E-state index contributed by atoms with van der Waals surface area (Å²) < 4.78 is 26.8. The number of methoxy groups -OCH3 is 1. The topological polar surface area (TPSA) is 115 Å². The van der Waals surface area contributed by atoms with E-state index >= 15 is 0 Å². The number of nitrogens with zero attached hydrogens (tertiary/aromatic N) is 5. The fraction of sp³-hybridized carbons (Fsp3) is 0.400. The number of aliphatic hydroxyl groups excluding tert-OH is 1. The molecule has 0 radical (unpaired) electrons. The molecule has 1 amide bonds. The minimum Gasteiger partial charge on any atom is -0.452 e. The maximum Gasteiger partial charge on any atom is 0.416 e. The van der Waals surface area contributed by atoms with Crippen molar-refractivity contribution in [3.8, 4) is 11.3 Å². The second-order valence-electron chi connectivity index (χ2n) is 7.58. The second-order valence-corrected chi connectivity index (χ2v) is 7.99. The lowest BCUT2D eigenvalue weighted by molar-refractivity contribution is -0.0136. The van der Waals surface area contributed by atoms with Crippen LogP contribution in [-0.2, 0) is 16.0 Å². The Kier molecular flexibility index (Phi) is 5.31. The number of aliphatic hydroxyl groups is 1. The monoisotopic (exact) mass is 462 g/mol. The number of hydrogen-bond donors (Lipinski definition) is 2. The van der Waals surface area contributed by atoms with Crippen molar-refractivity contribution in [2.75, 3.05) is 37.1 Å². The number of carbonyl (C=O) groups excluding carboxylic acids is 1. The molecule has 3 aromatic rings. The average Bonchev–Trinajstić information content (AvgIpc) is 3.36. The van der Waals surface area contributed by atoms with E-state index in [-0.39, 0.29) is 29.1 Å². The molecule has 2 aliphatic heterocycles. The molecule has 2 N–H and O–H groups in total. The largest absolute Gasteiger partial charge is 0.452 e. The van der Waals surface area contributed by atoms with Gasteiger partial charge in [0.2, 0.25) is 11.9 Å². The van der Waals surface area contributed by atoms with Crippen molar-refractivity contribution in [1.29, 1.82) is 0 Å². The highest BCUT2D eigenvalue weighted by Crippen LogP contribution is 2.34. The van der Waals surface area contributed by atoms with Gasteiger partial charge in [0.15, 0.2) is 5.82 Å². The van der Waals surface area contributed by atoms with Crippen molar-refractivity contribution in [1.82, 2.24) is 19.5 Å². The molecule has 32 heavy (non-hydrogen) atoms. The lowest BCUT2D eigenvalue weighted by Crippen LogP contribution is -2.42. The van der Waals surface area contributed by atoms with Crippen LogP contribution in [0.4, 0.5) is 21.1 Å². The van der Waals surface area contributed by atoms with Gasteiger partial charge in [-0.1, -0.05) is 11.6 Å². The van der Waals surface area contributed by atoms with Gasteiger partial charge in [0.05, 0.1) is 54.8 Å². The van der Waals surface area contributed by atoms with Crippen LogP contribution in [0.15, 0.2) is 18.3 Å². The number of rotatable bonds is 3. The Labute approximate surface area is 186 Å². The highest BCUT2D eigenvalue weighted by atomic mass is 35.5. The first kappa shape index (κ1) is 20.9. The smallest absolute Gasteiger partial charge is 0.416 e. The molecule has 5 rings (SSSR count). The van der Waals surface area contributed by atoms with Gasteiger partial charge in [0.1, 0.15) is 5.52 Å². The van der Waals surface area contributed by atoms with Crippen LogP contribution < -0.4 is 10.2 Å². The Morgan fingerprint density at radius 3 is 3.00 bits per heavy atom. The highest BCUT2D eigenvalue weighted by molar-refractivity contribution is 6.33. The van der Waals surface area contributed by atoms with Gasteiger partial charge in [-0.25, -0.2) is 29.0 Å². The molecule has 0 bridgehead atoms. The molecule has 1 aromatic carbocycles. The molecule has 1 fully saturated rings. The van der Waals surface area contributed by atoms with Crippen molar-refractivity contribution in [2.24, 2.45) is 0 Å². The first-order chi connectivity index (χ1) is 15.5. The third-order valence-corrected chi connectivity index (χ3v) is 5.91. The third-order valence-electron chi connectivity index (χ3n) is 5.63. The molecule has 4 heterocycles. The minimum atomic E-state index is -0.688. The van der Waals surface area contributed by atoms with Crippen molar-refractivity contribution in [3.05, 3.63) is 29.2 Å². The molecular formula is C20H20ClFN6O4.